The van der Waals surface area contributed by atoms with Crippen LogP contribution in [0.3, 0.4) is 0 Å². The first kappa shape index (κ1) is 17.4. The summed E-state index contributed by atoms with van der Waals surface area (Å²) in [6.07, 6.45) is 3.60. The fraction of sp³-hybridized carbons (Fsp3) is 0.933. The molecule has 1 amide bonds. The lowest BCUT2D eigenvalue weighted by Crippen LogP contribution is -2.51. The van der Waals surface area contributed by atoms with E-state index in [1.165, 1.54) is 19.4 Å². The summed E-state index contributed by atoms with van der Waals surface area (Å²) in [6.45, 7) is 12.7. The zero-order chi connectivity index (χ0) is 15.0. The molecule has 1 rings (SSSR count). The van der Waals surface area contributed by atoms with E-state index in [0.29, 0.717) is 6.54 Å². The number of piperazine rings is 1. The van der Waals surface area contributed by atoms with E-state index in [4.69, 9.17) is 5.73 Å². The van der Waals surface area contributed by atoms with E-state index in [1.807, 2.05) is 20.8 Å². The van der Waals surface area contributed by atoms with Gasteiger partial charge < -0.3 is 16.0 Å². The van der Waals surface area contributed by atoms with Crippen molar-refractivity contribution in [1.82, 2.24) is 15.1 Å². The molecule has 0 aromatic carbocycles. The van der Waals surface area contributed by atoms with Crippen LogP contribution in [0.25, 0.3) is 0 Å². The molecule has 0 aromatic heterocycles. The zero-order valence-electron chi connectivity index (χ0n) is 13.5. The largest absolute Gasteiger partial charge is 0.350 e. The minimum Gasteiger partial charge on any atom is -0.350 e. The second-order valence-corrected chi connectivity index (χ2v) is 6.77. The van der Waals surface area contributed by atoms with Crippen molar-refractivity contribution in [3.8, 4) is 0 Å². The third-order valence-electron chi connectivity index (χ3n) is 3.53. The van der Waals surface area contributed by atoms with E-state index in [9.17, 15) is 4.79 Å². The van der Waals surface area contributed by atoms with Crippen molar-refractivity contribution in [3.63, 3.8) is 0 Å². The van der Waals surface area contributed by atoms with Crippen molar-refractivity contribution in [3.05, 3.63) is 0 Å². The van der Waals surface area contributed by atoms with Gasteiger partial charge in [0.2, 0.25) is 5.91 Å². The van der Waals surface area contributed by atoms with E-state index in [-0.39, 0.29) is 11.4 Å². The van der Waals surface area contributed by atoms with Gasteiger partial charge in [-0.15, -0.1) is 0 Å². The summed E-state index contributed by atoms with van der Waals surface area (Å²) in [5.74, 6) is 0.133. The topological polar surface area (TPSA) is 61.6 Å². The Labute approximate surface area is 123 Å². The van der Waals surface area contributed by atoms with Crippen molar-refractivity contribution >= 4 is 5.91 Å². The Balaban J connectivity index is 2.14. The standard InChI is InChI=1S/C15H32N4O/c1-15(2,3)17-14(20)13-19-11-9-18(10-12-19)8-6-4-5-7-16/h4-13,16H2,1-3H3,(H,17,20). The summed E-state index contributed by atoms with van der Waals surface area (Å²) in [5, 5.41) is 3.02. The SMILES string of the molecule is CC(C)(C)NC(=O)CN1CCN(CCCCCN)CC1. The second-order valence-electron chi connectivity index (χ2n) is 6.77. The molecule has 0 atom stereocenters. The number of carbonyl (C=O) groups is 1. The van der Waals surface area contributed by atoms with Gasteiger partial charge in [0, 0.05) is 31.7 Å². The van der Waals surface area contributed by atoms with Crippen LogP contribution in [0.15, 0.2) is 0 Å². The molecule has 118 valence electrons. The Morgan fingerprint density at radius 3 is 2.20 bits per heavy atom. The van der Waals surface area contributed by atoms with Gasteiger partial charge in [0.25, 0.3) is 0 Å². The molecule has 1 saturated heterocycles. The molecule has 0 spiro atoms. The number of nitrogens with two attached hydrogens (primary N) is 1. The van der Waals surface area contributed by atoms with Gasteiger partial charge in [-0.3, -0.25) is 9.69 Å². The summed E-state index contributed by atoms with van der Waals surface area (Å²) >= 11 is 0. The van der Waals surface area contributed by atoms with Crippen molar-refractivity contribution < 1.29 is 4.79 Å². The third kappa shape index (κ3) is 7.82. The smallest absolute Gasteiger partial charge is 0.234 e. The Kier molecular flexibility index (Phi) is 7.48. The fourth-order valence-electron chi connectivity index (χ4n) is 2.49. The minimum absolute atomic E-state index is 0.133. The average Bonchev–Trinajstić information content (AvgIpc) is 2.34. The monoisotopic (exact) mass is 284 g/mol. The molecule has 1 fully saturated rings. The number of nitrogens with zero attached hydrogens (tertiary/aromatic N) is 2. The summed E-state index contributed by atoms with van der Waals surface area (Å²) in [5.41, 5.74) is 5.36. The molecular formula is C15H32N4O. The molecule has 3 N–H and O–H groups in total. The van der Waals surface area contributed by atoms with Gasteiger partial charge >= 0.3 is 0 Å². The molecule has 0 bridgehead atoms. The van der Waals surface area contributed by atoms with Crippen LogP contribution in [0.5, 0.6) is 0 Å². The maximum Gasteiger partial charge on any atom is 0.234 e. The van der Waals surface area contributed by atoms with Gasteiger partial charge in [-0.25, -0.2) is 0 Å². The number of hydrogen-bond acceptors (Lipinski definition) is 4. The van der Waals surface area contributed by atoms with E-state index in [1.54, 1.807) is 0 Å². The minimum atomic E-state index is -0.137. The van der Waals surface area contributed by atoms with Crippen LogP contribution < -0.4 is 11.1 Å². The van der Waals surface area contributed by atoms with Gasteiger partial charge in [0.15, 0.2) is 0 Å². The fourth-order valence-corrected chi connectivity index (χ4v) is 2.49. The van der Waals surface area contributed by atoms with Crippen LogP contribution in [-0.4, -0.2) is 67.1 Å². The number of unbranched alkanes of at least 4 members (excludes halogenated alkanes) is 2. The summed E-state index contributed by atoms with van der Waals surface area (Å²) in [7, 11) is 0. The molecule has 0 aliphatic carbocycles. The lowest BCUT2D eigenvalue weighted by Gasteiger charge is -2.34. The molecule has 0 unspecified atom stereocenters. The highest BCUT2D eigenvalue weighted by atomic mass is 16.2. The highest BCUT2D eigenvalue weighted by Gasteiger charge is 2.20. The average molecular weight is 284 g/mol. The molecule has 0 aromatic rings. The Bertz CT molecular complexity index is 280. The molecule has 0 radical (unpaired) electrons. The van der Waals surface area contributed by atoms with E-state index in [2.05, 4.69) is 15.1 Å². The van der Waals surface area contributed by atoms with Crippen molar-refractivity contribution in [2.45, 2.75) is 45.6 Å². The summed E-state index contributed by atoms with van der Waals surface area (Å²) < 4.78 is 0. The van der Waals surface area contributed by atoms with E-state index < -0.39 is 0 Å². The number of carbonyl (C=O) groups excluding carboxylic acids is 1. The summed E-state index contributed by atoms with van der Waals surface area (Å²) in [4.78, 5) is 16.6. The molecule has 5 heteroatoms. The predicted octanol–water partition coefficient (Wildman–Crippen LogP) is 0.648. The highest BCUT2D eigenvalue weighted by molar-refractivity contribution is 5.78. The van der Waals surface area contributed by atoms with Crippen LogP contribution in [-0.2, 0) is 4.79 Å². The Hall–Kier alpha value is -0.650. The number of rotatable bonds is 7. The molecule has 0 saturated carbocycles. The molecule has 1 aliphatic heterocycles. The van der Waals surface area contributed by atoms with Gasteiger partial charge in [0.05, 0.1) is 6.54 Å². The second kappa shape index (κ2) is 8.60. The molecular weight excluding hydrogens is 252 g/mol. The van der Waals surface area contributed by atoms with E-state index in [0.717, 1.165) is 39.1 Å². The predicted molar refractivity (Wildman–Crippen MR) is 83.7 cm³/mol. The van der Waals surface area contributed by atoms with Crippen molar-refractivity contribution in [2.75, 3.05) is 45.8 Å². The van der Waals surface area contributed by atoms with Gasteiger partial charge in [0.1, 0.15) is 0 Å². The van der Waals surface area contributed by atoms with Gasteiger partial charge in [-0.05, 0) is 46.7 Å². The number of amides is 1. The lowest BCUT2D eigenvalue weighted by molar-refractivity contribution is -0.124. The van der Waals surface area contributed by atoms with Crippen LogP contribution in [0.4, 0.5) is 0 Å². The van der Waals surface area contributed by atoms with Crippen LogP contribution >= 0.6 is 0 Å². The molecule has 5 nitrogen and oxygen atoms in total. The highest BCUT2D eigenvalue weighted by Crippen LogP contribution is 2.05. The maximum atomic E-state index is 11.9. The first-order chi connectivity index (χ1) is 9.40. The zero-order valence-corrected chi connectivity index (χ0v) is 13.5. The molecule has 1 aliphatic rings. The van der Waals surface area contributed by atoms with Crippen molar-refractivity contribution in [1.29, 1.82) is 0 Å². The Morgan fingerprint density at radius 2 is 1.65 bits per heavy atom. The molecule has 20 heavy (non-hydrogen) atoms. The van der Waals surface area contributed by atoms with Gasteiger partial charge in [-0.2, -0.15) is 0 Å². The van der Waals surface area contributed by atoms with Crippen LogP contribution in [0, 0.1) is 0 Å². The molecule has 1 heterocycles. The van der Waals surface area contributed by atoms with Gasteiger partial charge in [-0.1, -0.05) is 6.42 Å². The first-order valence-corrected chi connectivity index (χ1v) is 7.86. The van der Waals surface area contributed by atoms with Crippen molar-refractivity contribution in [2.24, 2.45) is 5.73 Å². The first-order valence-electron chi connectivity index (χ1n) is 7.86. The Morgan fingerprint density at radius 1 is 1.05 bits per heavy atom. The summed E-state index contributed by atoms with van der Waals surface area (Å²) in [6, 6.07) is 0. The van der Waals surface area contributed by atoms with Crippen LogP contribution in [0.2, 0.25) is 0 Å². The quantitative estimate of drug-likeness (QED) is 0.674. The van der Waals surface area contributed by atoms with E-state index >= 15 is 0 Å². The number of hydrogen-bond donors (Lipinski definition) is 2. The van der Waals surface area contributed by atoms with Crippen LogP contribution in [0.1, 0.15) is 40.0 Å². The lowest BCUT2D eigenvalue weighted by atomic mass is 10.1. The maximum absolute atomic E-state index is 11.9. The normalized spacial score (nSPS) is 18.2. The third-order valence-corrected chi connectivity index (χ3v) is 3.53. The number of nitrogens with one attached hydrogen (secondary N) is 1.